The van der Waals surface area contributed by atoms with Crippen LogP contribution in [0.15, 0.2) is 60.2 Å². The fourth-order valence-corrected chi connectivity index (χ4v) is 27.5. The van der Waals surface area contributed by atoms with Crippen LogP contribution in [0.25, 0.3) is 0 Å². The number of likely N-dealkylation sites (N-methyl/N-ethyl adjacent to an activating group) is 1. The van der Waals surface area contributed by atoms with E-state index in [4.69, 9.17) is 9.47 Å². The molecule has 3 aliphatic heterocycles. The van der Waals surface area contributed by atoms with Crippen LogP contribution in [0.1, 0.15) is 144 Å². The maximum absolute atomic E-state index is 16.0. The van der Waals surface area contributed by atoms with Gasteiger partial charge in [-0.2, -0.15) is 0 Å². The average molecular weight is 1150 g/mol. The molecule has 17 rings (SSSR count). The van der Waals surface area contributed by atoms with E-state index < -0.39 is 80.8 Å². The first-order valence-corrected chi connectivity index (χ1v) is 34.8. The van der Waals surface area contributed by atoms with Gasteiger partial charge in [-0.15, -0.1) is 5.92 Å². The Balaban J connectivity index is 0.947. The number of carbonyl (C=O) groups excluding carboxylic acids is 2. The monoisotopic (exact) mass is 1150 g/mol. The number of nitrogens with one attached hydrogen (secondary N) is 1. The molecule has 15 aliphatic rings. The molecule has 0 radical (unpaired) electrons. The highest BCUT2D eigenvalue weighted by atomic mass is 33.1. The number of rotatable bonds is 4. The summed E-state index contributed by atoms with van der Waals surface area (Å²) >= 11 is 0. The summed E-state index contributed by atoms with van der Waals surface area (Å²) in [6.07, 6.45) is 12.9. The number of carbonyl (C=O) groups is 2. The van der Waals surface area contributed by atoms with E-state index >= 15 is 20.1 Å². The van der Waals surface area contributed by atoms with Crippen molar-refractivity contribution in [3.05, 3.63) is 82.4 Å². The smallest absolute Gasteiger partial charge is 0.331 e. The van der Waals surface area contributed by atoms with Crippen LogP contribution in [0.4, 0.5) is 0 Å². The van der Waals surface area contributed by atoms with Gasteiger partial charge in [0.15, 0.2) is 0 Å². The molecule has 9 saturated carbocycles. The van der Waals surface area contributed by atoms with E-state index in [0.717, 1.165) is 78.6 Å². The van der Waals surface area contributed by atoms with Crippen LogP contribution in [0.5, 0.6) is 0 Å². The maximum atomic E-state index is 16.0. The van der Waals surface area contributed by atoms with Crippen molar-refractivity contribution in [2.45, 2.75) is 182 Å². The van der Waals surface area contributed by atoms with Crippen molar-refractivity contribution in [2.24, 2.45) is 105 Å². The first-order valence-electron chi connectivity index (χ1n) is 32.3. The molecule has 27 atom stereocenters. The highest BCUT2D eigenvalue weighted by Crippen LogP contribution is 2.83. The number of aliphatic hydroxyl groups is 5. The highest BCUT2D eigenvalue weighted by molar-refractivity contribution is 8.76. The van der Waals surface area contributed by atoms with Gasteiger partial charge in [-0.1, -0.05) is 88.7 Å². The number of ether oxygens (including phenoxy) is 2. The van der Waals surface area contributed by atoms with Gasteiger partial charge in [0.2, 0.25) is 0 Å². The van der Waals surface area contributed by atoms with Crippen molar-refractivity contribution >= 4 is 33.8 Å². The number of esters is 1. The van der Waals surface area contributed by atoms with Gasteiger partial charge in [0.1, 0.15) is 23.6 Å². The Morgan fingerprint density at radius 2 is 1.65 bits per heavy atom. The van der Waals surface area contributed by atoms with E-state index in [2.05, 4.69) is 66.3 Å². The second-order valence-electron chi connectivity index (χ2n) is 29.7. The van der Waals surface area contributed by atoms with Gasteiger partial charge in [0, 0.05) is 82.4 Å². The van der Waals surface area contributed by atoms with Gasteiger partial charge in [-0.25, -0.2) is 4.79 Å². The summed E-state index contributed by atoms with van der Waals surface area (Å²) in [5, 5.41) is 74.9. The number of hydrogen-bond acceptors (Lipinski definition) is 12. The van der Waals surface area contributed by atoms with Crippen molar-refractivity contribution in [3.63, 3.8) is 0 Å². The number of benzene rings is 2. The predicted molar refractivity (Wildman–Crippen MR) is 315 cm³/mol. The number of hydrogen-bond donors (Lipinski definition) is 6. The zero-order valence-corrected chi connectivity index (χ0v) is 49.6. The third-order valence-electron chi connectivity index (χ3n) is 27.6. The molecule has 82 heavy (non-hydrogen) atoms. The van der Waals surface area contributed by atoms with Crippen LogP contribution in [0.3, 0.4) is 0 Å². The lowest BCUT2D eigenvalue weighted by atomic mass is 9.30. The second kappa shape index (κ2) is 19.4. The molecule has 2 spiro atoms. The number of fused-ring (bicyclic) bond motifs is 9. The van der Waals surface area contributed by atoms with Crippen LogP contribution in [-0.4, -0.2) is 104 Å². The van der Waals surface area contributed by atoms with E-state index in [1.54, 1.807) is 6.08 Å². The summed E-state index contributed by atoms with van der Waals surface area (Å²) in [6, 6.07) is 16.8. The molecule has 12 heteroatoms. The van der Waals surface area contributed by atoms with E-state index in [1.165, 1.54) is 18.4 Å². The van der Waals surface area contributed by atoms with Crippen LogP contribution in [0.2, 0.25) is 0 Å². The Hall–Kier alpha value is -3.14. The first kappa shape index (κ1) is 54.3. The average Bonchev–Trinajstić information content (AvgIpc) is 2.23. The fraction of sp³-hybridized carbons (Fsp3) is 0.714. The molecule has 15 bridgehead atoms. The van der Waals surface area contributed by atoms with Crippen molar-refractivity contribution in [3.8, 4) is 23.7 Å². The van der Waals surface area contributed by atoms with Gasteiger partial charge < -0.3 is 45.1 Å². The standard InChI is InChI=1S/C70H85NO9S2/c1-38-42-18-17-39(24-42)34-81-82-35-48-27-47-28-52-50-16-9-14-44-31-65-23-7-6-12-41-13-8-15-45(33-72)51(41)29-58(71-2)53-25-46(60(65)54-30-59(74)80-61(53)54)32-68(65,76)70(78)62(44)66(37-73)36-67(47,55(52)22-20-49(50)40-10-4-3-5-11-40)64(79-48)56-21-19-43(38)26-57(63(70)75)69(56,66)77/h3-5,8,10-11,13,15,30,37-39,42-44,46-50,52-53,55-58,60-64,71-72,75-78H,7,16-29,31-36H2,1-2H3. The summed E-state index contributed by atoms with van der Waals surface area (Å²) in [7, 11) is 5.96. The van der Waals surface area contributed by atoms with E-state index in [-0.39, 0.29) is 72.7 Å². The number of aliphatic hydroxyl groups excluding tert-OH is 2. The second-order valence-corrected chi connectivity index (χ2v) is 32.3. The van der Waals surface area contributed by atoms with Crippen molar-refractivity contribution in [1.29, 1.82) is 0 Å². The third kappa shape index (κ3) is 7.03. The quantitative estimate of drug-likeness (QED) is 0.0746. The summed E-state index contributed by atoms with van der Waals surface area (Å²) in [6.45, 7) is 2.29. The minimum Gasteiger partial charge on any atom is -0.454 e. The molecule has 436 valence electrons. The van der Waals surface area contributed by atoms with Crippen LogP contribution in [-0.2, 0) is 32.1 Å². The first-order chi connectivity index (χ1) is 39.8. The number of aldehydes is 1. The van der Waals surface area contributed by atoms with Crippen LogP contribution >= 0.6 is 21.6 Å². The van der Waals surface area contributed by atoms with Gasteiger partial charge >= 0.3 is 5.97 Å². The normalized spacial score (nSPS) is 52.5. The lowest BCUT2D eigenvalue weighted by molar-refractivity contribution is -0.399. The molecule has 0 amide bonds. The summed E-state index contributed by atoms with van der Waals surface area (Å²) < 4.78 is 14.4. The Bertz CT molecular complexity index is 3100. The third-order valence-corrected chi connectivity index (χ3v) is 30.2. The molecule has 2 aromatic carbocycles. The largest absolute Gasteiger partial charge is 0.454 e. The highest BCUT2D eigenvalue weighted by Gasteiger charge is 2.89. The molecule has 12 aliphatic carbocycles. The SMILES string of the molecule is CNC1Cc2c(cccc2CO)C#CCCC23CC4C#CCC5C(c6ccccc6)CCC6C5CC5CC7CSSCC8CCC(C8)C(C)C8CCC9C(O7)C56CC5(C=O)C4C(O)(C(O)C(C8)C95O)C2(O)CC2CC1C1OC(=O)C=C1C23. The Morgan fingerprint density at radius 1 is 0.829 bits per heavy atom. The molecule has 6 N–H and O–H groups in total. The summed E-state index contributed by atoms with van der Waals surface area (Å²) in [5.74, 6) is 15.3. The van der Waals surface area contributed by atoms with Crippen molar-refractivity contribution in [2.75, 3.05) is 18.6 Å². The minimum atomic E-state index is -2.31. The fourth-order valence-electron chi connectivity index (χ4n) is 24.8. The zero-order chi connectivity index (χ0) is 55.9. The Morgan fingerprint density at radius 3 is 2.48 bits per heavy atom. The molecular weight excluding hydrogens is 1060 g/mol. The molecule has 11 fully saturated rings. The lowest BCUT2D eigenvalue weighted by Gasteiger charge is -2.77. The van der Waals surface area contributed by atoms with Crippen molar-refractivity contribution < 1.29 is 44.6 Å². The molecule has 0 aromatic heterocycles. The Labute approximate surface area is 493 Å². The zero-order valence-electron chi connectivity index (χ0n) is 47.9. The van der Waals surface area contributed by atoms with E-state index in [9.17, 15) is 15.0 Å². The minimum absolute atomic E-state index is 0.0114. The van der Waals surface area contributed by atoms with Gasteiger partial charge in [0.25, 0.3) is 0 Å². The Kier molecular flexibility index (Phi) is 12.9. The molecule has 2 saturated heterocycles. The van der Waals surface area contributed by atoms with Gasteiger partial charge in [0.05, 0.1) is 35.9 Å². The van der Waals surface area contributed by atoms with Gasteiger partial charge in [-0.05, 0) is 203 Å². The summed E-state index contributed by atoms with van der Waals surface area (Å²) in [4.78, 5) is 30.2. The maximum Gasteiger partial charge on any atom is 0.331 e. The van der Waals surface area contributed by atoms with E-state index in [1.807, 2.05) is 46.8 Å². The molecule has 3 heterocycles. The topological polar surface area (TPSA) is 166 Å². The van der Waals surface area contributed by atoms with Crippen molar-refractivity contribution in [1.82, 2.24) is 5.32 Å². The molecular formula is C70H85NO9S2. The predicted octanol–water partition coefficient (Wildman–Crippen LogP) is 9.22. The van der Waals surface area contributed by atoms with Crippen LogP contribution in [0, 0.1) is 129 Å². The van der Waals surface area contributed by atoms with Crippen LogP contribution < -0.4 is 5.32 Å². The van der Waals surface area contributed by atoms with E-state index in [0.29, 0.717) is 81.5 Å². The molecule has 2 aromatic rings. The van der Waals surface area contributed by atoms with Gasteiger partial charge in [-0.3, -0.25) is 0 Å². The lowest BCUT2D eigenvalue weighted by Crippen LogP contribution is -2.88. The summed E-state index contributed by atoms with van der Waals surface area (Å²) in [5.41, 5.74) is -4.56. The molecule has 27 unspecified atom stereocenters. The molecule has 10 nitrogen and oxygen atoms in total.